The summed E-state index contributed by atoms with van der Waals surface area (Å²) in [5.41, 5.74) is 6.93. The number of aromatic nitrogens is 3. The van der Waals surface area contributed by atoms with Crippen molar-refractivity contribution in [1.29, 1.82) is 0 Å². The first-order valence-electron chi connectivity index (χ1n) is 30.3. The normalized spacial score (nSPS) is 24.4. The van der Waals surface area contributed by atoms with Crippen LogP contribution in [0.4, 0.5) is 0 Å². The van der Waals surface area contributed by atoms with Crippen molar-refractivity contribution in [1.82, 2.24) is 51.0 Å². The smallest absolute Gasteiger partial charge is 0.691 e. The number of nitrogens with zero attached hydrogens (tertiary/aromatic N) is 5. The number of phenols is 1. The molecule has 5 aromatic rings. The van der Waals surface area contributed by atoms with Gasteiger partial charge in [0.15, 0.2) is 11.5 Å². The molecule has 516 valence electrons. The average molecular weight is 1390 g/mol. The summed E-state index contributed by atoms with van der Waals surface area (Å²) in [5.74, 6) is -11.3. The van der Waals surface area contributed by atoms with Gasteiger partial charge in [-0.1, -0.05) is 55.7 Å². The maximum Gasteiger partial charge on any atom is 1.00 e. The molecule has 3 fully saturated rings. The molecular weight excluding hydrogens is 1310 g/mol. The number of methoxy groups -OCH3 is 1. The number of carbonyl (C=O) groups excluding carboxylic acids is 8. The minimum Gasteiger partial charge on any atom is -0.691 e. The van der Waals surface area contributed by atoms with Gasteiger partial charge in [-0.25, -0.2) is 9.50 Å². The van der Waals surface area contributed by atoms with Crippen molar-refractivity contribution in [2.45, 2.75) is 144 Å². The van der Waals surface area contributed by atoms with Gasteiger partial charge in [0, 0.05) is 68.8 Å². The second-order valence-corrected chi connectivity index (χ2v) is 24.7. The number of ether oxygens (including phenoxy) is 2. The molecule has 15 N–H and O–H groups in total. The van der Waals surface area contributed by atoms with E-state index in [0.29, 0.717) is 27.8 Å². The van der Waals surface area contributed by atoms with E-state index in [9.17, 15) is 84.5 Å². The number of benzene rings is 3. The number of amides is 8. The summed E-state index contributed by atoms with van der Waals surface area (Å²) in [6.07, 6.45) is -9.25. The van der Waals surface area contributed by atoms with Gasteiger partial charge in [0.2, 0.25) is 46.3 Å². The first-order valence-corrected chi connectivity index (χ1v) is 31.8. The third kappa shape index (κ3) is 19.3. The van der Waals surface area contributed by atoms with Crippen LogP contribution >= 0.6 is 23.7 Å². The number of imidazole rings is 1. The van der Waals surface area contributed by atoms with E-state index in [-0.39, 0.29) is 53.0 Å². The Balaban J connectivity index is 0.0000130. The fourth-order valence-corrected chi connectivity index (χ4v) is 12.3. The standard InChI is InChI=1S/C60H77N11O22S2.Na/c1-29-26-70-48(49(29)78)56(85)62-25-35(73)22-38(63-52(81)32-11-9-31(10-12-32)39-28-71-60(64-39)94-57(68-71)33-13-16-37(17-14-33)90-20-8-6-4-5-7-19-89-3)53(82)65-45(30(2)72)58(86)69-27-36(74)23-40(69)54(83)67-47(55(84)66-46(59(70)87)42(76)24-44(61)77)51(80)50(79)34-15-18-41(75)43(21-34)91-95-93-92-88;/h9-18,21,28-30,35-36,38,40,42,45-51,72-76,78-80,88H,4-8,19-20,22-27H2,1-3H3,(H2,61,77)(H,62,85)(H,63,81)(H,65,82)(H,66,84)(H,67,83);/q;+1/p-1/t29?,30?,35?,36?,38-,40?,42?,45?,46?,47?,48?,49?,50?,51?;/m0./s1. The fraction of sp³-hybridized carbons (Fsp3) is 0.500. The molecule has 13 unspecified atom stereocenters. The average Bonchev–Trinajstić information content (AvgIpc) is 1.61. The Kier molecular flexibility index (Phi) is 28.1. The molecular formula is C60H76N11NaO22S2. The molecule has 8 rings (SSSR count). The van der Waals surface area contributed by atoms with Gasteiger partial charge >= 0.3 is 29.6 Å². The van der Waals surface area contributed by atoms with E-state index in [1.807, 2.05) is 24.3 Å². The van der Waals surface area contributed by atoms with E-state index in [0.717, 1.165) is 84.9 Å². The maximum absolute atomic E-state index is 14.7. The summed E-state index contributed by atoms with van der Waals surface area (Å²) in [7, 11) is 1.70. The number of aromatic hydroxyl groups is 1. The fourth-order valence-electron chi connectivity index (χ4n) is 11.2. The number of hydrogen-bond donors (Lipinski definition) is 14. The van der Waals surface area contributed by atoms with E-state index in [2.05, 4.69) is 36.0 Å². The number of nitrogens with one attached hydrogen (secondary N) is 5. The Labute approximate surface area is 579 Å². The van der Waals surface area contributed by atoms with Crippen LogP contribution in [-0.4, -0.2) is 225 Å². The molecule has 5 heterocycles. The number of fused-ring (bicyclic) bond motifs is 3. The molecule has 8 amide bonds. The van der Waals surface area contributed by atoms with Gasteiger partial charge in [0.1, 0.15) is 59.2 Å². The van der Waals surface area contributed by atoms with Gasteiger partial charge in [0.05, 0.1) is 55.4 Å². The molecule has 36 heteroatoms. The number of aliphatic hydroxyl groups is 7. The van der Waals surface area contributed by atoms with Crippen LogP contribution in [0.25, 0.3) is 26.8 Å². The zero-order chi connectivity index (χ0) is 68.8. The number of carbonyl (C=O) groups is 8. The Bertz CT molecular complexity index is 3470. The van der Waals surface area contributed by atoms with Gasteiger partial charge in [0.25, 0.3) is 18.2 Å². The second-order valence-electron chi connectivity index (χ2n) is 23.3. The summed E-state index contributed by atoms with van der Waals surface area (Å²) >= 11 is 1.26. The second kappa shape index (κ2) is 35.4. The van der Waals surface area contributed by atoms with Gasteiger partial charge < -0.3 is 102 Å². The molecule has 3 aromatic carbocycles. The molecule has 3 saturated heterocycles. The van der Waals surface area contributed by atoms with Crippen molar-refractivity contribution in [3.05, 3.63) is 84.1 Å². The zero-order valence-corrected chi connectivity index (χ0v) is 56.3. The van der Waals surface area contributed by atoms with Crippen LogP contribution in [0.2, 0.25) is 0 Å². The maximum atomic E-state index is 14.7. The van der Waals surface area contributed by atoms with Crippen LogP contribution in [0.5, 0.6) is 17.2 Å². The van der Waals surface area contributed by atoms with E-state index in [1.165, 1.54) is 30.4 Å². The van der Waals surface area contributed by atoms with E-state index in [4.69, 9.17) is 29.5 Å². The number of hydrogen-bond acceptors (Lipinski definition) is 26. The molecule has 3 aliphatic heterocycles. The summed E-state index contributed by atoms with van der Waals surface area (Å²) in [5, 5.41) is 121. The Morgan fingerprint density at radius 2 is 1.46 bits per heavy atom. The van der Waals surface area contributed by atoms with E-state index < -0.39 is 183 Å². The van der Waals surface area contributed by atoms with Crippen molar-refractivity contribution in [3.8, 4) is 39.1 Å². The predicted octanol–water partition coefficient (Wildman–Crippen LogP) is -5.71. The molecule has 3 aliphatic rings. The topological polar surface area (TPSA) is 490 Å². The van der Waals surface area contributed by atoms with Crippen LogP contribution < -0.4 is 76.1 Å². The summed E-state index contributed by atoms with van der Waals surface area (Å²) < 4.78 is 21.7. The monoisotopic (exact) mass is 1390 g/mol. The molecule has 33 nitrogen and oxygen atoms in total. The number of phenolic OH excluding ortho intramolecular Hbond substituents is 1. The van der Waals surface area contributed by atoms with Crippen molar-refractivity contribution in [2.24, 2.45) is 11.7 Å². The summed E-state index contributed by atoms with van der Waals surface area (Å²) in [6, 6.07) is 4.15. The molecule has 0 saturated carbocycles. The molecule has 14 atom stereocenters. The summed E-state index contributed by atoms with van der Waals surface area (Å²) in [6.45, 7) is 2.03. The quantitative estimate of drug-likeness (QED) is 0.00900. The number of aliphatic hydroxyl groups excluding tert-OH is 7. The Morgan fingerprint density at radius 3 is 2.12 bits per heavy atom. The van der Waals surface area contributed by atoms with E-state index in [1.54, 1.807) is 30.0 Å². The molecule has 2 aromatic heterocycles. The Hall–Kier alpha value is -7.17. The van der Waals surface area contributed by atoms with E-state index >= 15 is 0 Å². The van der Waals surface area contributed by atoms with Crippen molar-refractivity contribution < 1.29 is 137 Å². The van der Waals surface area contributed by atoms with Crippen LogP contribution in [0.3, 0.4) is 0 Å². The first-order chi connectivity index (χ1) is 45.4. The molecule has 96 heavy (non-hydrogen) atoms. The third-order valence-electron chi connectivity index (χ3n) is 16.3. The largest absolute Gasteiger partial charge is 1.00 e. The van der Waals surface area contributed by atoms with Gasteiger partial charge in [-0.15, -0.1) is 4.33 Å². The number of primary amides is 1. The predicted molar refractivity (Wildman–Crippen MR) is 331 cm³/mol. The molecule has 0 radical (unpaired) electrons. The van der Waals surface area contributed by atoms with Crippen LogP contribution in [0, 0.1) is 5.92 Å². The van der Waals surface area contributed by atoms with Crippen LogP contribution in [0.15, 0.2) is 72.9 Å². The van der Waals surface area contributed by atoms with Crippen molar-refractivity contribution >= 4 is 75.9 Å². The number of unbranched alkanes of at least 4 members (excludes halogenated alkanes) is 4. The minimum absolute atomic E-state index is 0. The number of β-amino-alcohol motifs (C(OH)–C–C–N with tert-alkyl or cyclic N) is 1. The minimum atomic E-state index is -2.54. The molecule has 0 aliphatic carbocycles. The van der Waals surface area contributed by atoms with Crippen molar-refractivity contribution in [2.75, 3.05) is 40.0 Å². The first kappa shape index (κ1) is 76.2. The molecule has 0 spiro atoms. The van der Waals surface area contributed by atoms with Gasteiger partial charge in [-0.05, 0) is 73.9 Å². The molecule has 0 bridgehead atoms. The Morgan fingerprint density at radius 1 is 0.802 bits per heavy atom. The number of rotatable bonds is 24. The van der Waals surface area contributed by atoms with Crippen LogP contribution in [0.1, 0.15) is 87.2 Å². The SMILES string of the molecule is COCCCCCCCOc1ccc(-c2nn3cc(-c4ccc(C(=O)N[C@H]5CC(O)CNC(=O)C6C(O)C(C)CN6C(=O)C(C(O)CC(N)=O)NC(=O)C(C(O)C(O)c6ccc(O)c(OSOO[O-])c6)NC(=O)C6CC(O)CN6C(=O)C(C(C)O)NC5=O)cc4)nc3s2)cc1.[Na+]. The van der Waals surface area contributed by atoms with Crippen LogP contribution in [-0.2, 0) is 47.7 Å². The van der Waals surface area contributed by atoms with Gasteiger partial charge in [-0.3, -0.25) is 43.4 Å². The number of nitrogens with two attached hydrogens (primary N) is 1. The van der Waals surface area contributed by atoms with Crippen molar-refractivity contribution in [3.63, 3.8) is 0 Å². The van der Waals surface area contributed by atoms with Gasteiger partial charge in [-0.2, -0.15) is 5.10 Å². The summed E-state index contributed by atoms with van der Waals surface area (Å²) in [4.78, 5) is 121. The third-order valence-corrected chi connectivity index (χ3v) is 17.6. The zero-order valence-electron chi connectivity index (χ0n) is 52.6.